The Labute approximate surface area is 279 Å². The summed E-state index contributed by atoms with van der Waals surface area (Å²) >= 11 is 0. The van der Waals surface area contributed by atoms with Crippen LogP contribution in [-0.4, -0.2) is 66.2 Å². The Morgan fingerprint density at radius 3 is 1.88 bits per heavy atom. The second kappa shape index (κ2) is 14.6. The van der Waals surface area contributed by atoms with E-state index in [-0.39, 0.29) is 36.4 Å². The van der Waals surface area contributed by atoms with Gasteiger partial charge in [0, 0.05) is 48.4 Å². The Morgan fingerprint density at radius 2 is 1.38 bits per heavy atom. The van der Waals surface area contributed by atoms with Crippen molar-refractivity contribution < 1.29 is 41.4 Å². The first-order valence-corrected chi connectivity index (χ1v) is 15.0. The van der Waals surface area contributed by atoms with E-state index < -0.39 is 29.4 Å². The van der Waals surface area contributed by atoms with Gasteiger partial charge in [0.1, 0.15) is 5.69 Å². The van der Waals surface area contributed by atoms with E-state index in [1.807, 2.05) is 13.0 Å². The molecule has 1 amide bonds. The summed E-state index contributed by atoms with van der Waals surface area (Å²) in [4.78, 5) is 19.8. The smallest absolute Gasteiger partial charge is 0.396 e. The number of aryl methyl sites for hydroxylation is 1. The van der Waals surface area contributed by atoms with Crippen molar-refractivity contribution in [2.75, 3.05) is 19.8 Å². The molecule has 0 aliphatic carbocycles. The number of fused-ring (bicyclic) bond motifs is 2. The fourth-order valence-corrected chi connectivity index (χ4v) is 5.49. The molecule has 6 aromatic rings. The van der Waals surface area contributed by atoms with Crippen LogP contribution < -0.4 is 11.1 Å². The molecule has 4 heterocycles. The molecule has 0 radical (unpaired) electrons. The number of rotatable bonds is 9. The number of nitrogens with two attached hydrogens (primary N) is 1. The lowest BCUT2D eigenvalue weighted by Gasteiger charge is -2.15. The fourth-order valence-electron chi connectivity index (χ4n) is 5.49. The summed E-state index contributed by atoms with van der Waals surface area (Å²) < 4.78 is 79.2. The summed E-state index contributed by atoms with van der Waals surface area (Å²) in [7, 11) is 0. The Kier molecular flexibility index (Phi) is 10.5. The van der Waals surface area contributed by atoms with Crippen molar-refractivity contribution in [3.63, 3.8) is 0 Å². The first kappa shape index (κ1) is 35.9. The molecular formula is C33H30F6N8O3. The predicted octanol–water partition coefficient (Wildman–Crippen LogP) is 5.31. The number of nitrogens with one attached hydrogen (secondary N) is 3. The van der Waals surface area contributed by atoms with Crippen LogP contribution >= 0.6 is 0 Å². The number of alkyl halides is 6. The minimum Gasteiger partial charge on any atom is -0.396 e. The Morgan fingerprint density at radius 1 is 0.800 bits per heavy atom. The third-order valence-corrected chi connectivity index (χ3v) is 7.77. The largest absolute Gasteiger partial charge is 0.416 e. The zero-order chi connectivity index (χ0) is 36.2. The number of aromatic nitrogens is 6. The maximum atomic E-state index is 13.2. The number of hydrogen-bond acceptors (Lipinski definition) is 8. The highest BCUT2D eigenvalue weighted by molar-refractivity contribution is 5.99. The van der Waals surface area contributed by atoms with Crippen LogP contribution in [0.2, 0.25) is 0 Å². The quantitative estimate of drug-likeness (QED) is 0.0868. The minimum absolute atomic E-state index is 0.0248. The van der Waals surface area contributed by atoms with Crippen molar-refractivity contribution in [3.8, 4) is 22.3 Å². The maximum Gasteiger partial charge on any atom is 0.416 e. The van der Waals surface area contributed by atoms with Crippen molar-refractivity contribution in [1.29, 1.82) is 0 Å². The maximum absolute atomic E-state index is 13.2. The molecule has 0 aliphatic heterocycles. The SMILES string of the molecule is Cc1cc(CNCCO)ncc1-c1cc(C(F)(F)F)cc2[nH]ncc12.NC(=O)c1nccc(-c2cc(C(F)(F)F)cc3[nH]ncc23)c1CCO. The molecule has 0 aliphatic rings. The molecule has 17 heteroatoms. The number of pyridine rings is 2. The Bertz CT molecular complexity index is 2140. The summed E-state index contributed by atoms with van der Waals surface area (Å²) in [5, 5.41) is 34.9. The van der Waals surface area contributed by atoms with Crippen molar-refractivity contribution in [2.24, 2.45) is 5.73 Å². The molecule has 2 aromatic carbocycles. The van der Waals surface area contributed by atoms with E-state index in [1.165, 1.54) is 24.7 Å². The highest BCUT2D eigenvalue weighted by Gasteiger charge is 2.33. The molecule has 0 saturated carbocycles. The van der Waals surface area contributed by atoms with E-state index in [4.69, 9.17) is 10.8 Å². The van der Waals surface area contributed by atoms with Gasteiger partial charge in [-0.15, -0.1) is 0 Å². The number of hydrogen-bond donors (Lipinski definition) is 6. The van der Waals surface area contributed by atoms with Crippen LogP contribution in [0.3, 0.4) is 0 Å². The number of amides is 1. The van der Waals surface area contributed by atoms with Crippen LogP contribution in [0, 0.1) is 6.92 Å². The molecule has 4 aromatic heterocycles. The number of nitrogens with zero attached hydrogens (tertiary/aromatic N) is 4. The monoisotopic (exact) mass is 700 g/mol. The molecule has 7 N–H and O–H groups in total. The minimum atomic E-state index is -4.55. The number of halogens is 6. The van der Waals surface area contributed by atoms with Crippen molar-refractivity contribution in [2.45, 2.75) is 32.2 Å². The highest BCUT2D eigenvalue weighted by Crippen LogP contribution is 2.39. The molecule has 0 saturated heterocycles. The number of H-pyrrole nitrogens is 2. The van der Waals surface area contributed by atoms with E-state index >= 15 is 0 Å². The van der Waals surface area contributed by atoms with Gasteiger partial charge in [-0.1, -0.05) is 0 Å². The number of primary amides is 1. The summed E-state index contributed by atoms with van der Waals surface area (Å²) in [6.07, 6.45) is -3.18. The summed E-state index contributed by atoms with van der Waals surface area (Å²) in [6.45, 7) is 2.47. The molecule has 0 spiro atoms. The number of carbonyl (C=O) groups is 1. The zero-order valence-electron chi connectivity index (χ0n) is 26.2. The van der Waals surface area contributed by atoms with Crippen LogP contribution in [0.4, 0.5) is 26.3 Å². The van der Waals surface area contributed by atoms with Gasteiger partial charge in [-0.05, 0) is 77.6 Å². The van der Waals surface area contributed by atoms with Gasteiger partial charge in [-0.3, -0.25) is 25.0 Å². The number of carbonyl (C=O) groups excluding carboxylic acids is 1. The predicted molar refractivity (Wildman–Crippen MR) is 171 cm³/mol. The molecular weight excluding hydrogens is 670 g/mol. The summed E-state index contributed by atoms with van der Waals surface area (Å²) in [5.41, 5.74) is 7.68. The van der Waals surface area contributed by atoms with Gasteiger partial charge in [0.2, 0.25) is 0 Å². The Hall–Kier alpha value is -5.39. The zero-order valence-corrected chi connectivity index (χ0v) is 26.2. The van der Waals surface area contributed by atoms with Gasteiger partial charge in [-0.2, -0.15) is 36.5 Å². The molecule has 0 atom stereocenters. The third-order valence-electron chi connectivity index (χ3n) is 7.77. The van der Waals surface area contributed by atoms with Gasteiger partial charge in [-0.25, -0.2) is 0 Å². The average molecular weight is 701 g/mol. The molecule has 0 fully saturated rings. The van der Waals surface area contributed by atoms with Crippen molar-refractivity contribution in [3.05, 3.63) is 94.8 Å². The van der Waals surface area contributed by atoms with Crippen molar-refractivity contribution in [1.82, 2.24) is 35.7 Å². The second-order valence-corrected chi connectivity index (χ2v) is 11.1. The van der Waals surface area contributed by atoms with Crippen LogP contribution in [0.15, 0.2) is 61.2 Å². The van der Waals surface area contributed by atoms with E-state index in [0.29, 0.717) is 51.6 Å². The third kappa shape index (κ3) is 7.74. The molecule has 262 valence electrons. The standard InChI is InChI=1S/C17H17F3N4O.C16H13F3N4O2/c1-10-4-12(7-21-2-3-25)22-8-14(10)13-5-11(17(18,19)20)6-16-15(13)9-23-24-16;17-16(18,19)8-5-11(12-7-22-23-13(12)6-8)9-1-3-21-14(15(20)25)10(9)2-4-24/h4-6,8-9,21,25H,2-3,7H2,1H3,(H,23,24);1,3,5-7,24H,2,4H2,(H2,20,25)(H,22,23). The summed E-state index contributed by atoms with van der Waals surface area (Å²) in [5.74, 6) is -0.819. The molecule has 11 nitrogen and oxygen atoms in total. The first-order chi connectivity index (χ1) is 23.7. The normalized spacial score (nSPS) is 11.9. The fraction of sp³-hybridized carbons (Fsp3) is 0.242. The molecule has 0 unspecified atom stereocenters. The number of aromatic amines is 2. The van der Waals surface area contributed by atoms with Gasteiger partial charge < -0.3 is 21.3 Å². The van der Waals surface area contributed by atoms with E-state index in [0.717, 1.165) is 35.5 Å². The second-order valence-electron chi connectivity index (χ2n) is 11.1. The topological polar surface area (TPSA) is 179 Å². The van der Waals surface area contributed by atoms with Crippen molar-refractivity contribution >= 4 is 27.7 Å². The molecule has 50 heavy (non-hydrogen) atoms. The Balaban J connectivity index is 0.000000194. The van der Waals surface area contributed by atoms with Crippen LogP contribution in [0.5, 0.6) is 0 Å². The van der Waals surface area contributed by atoms with Gasteiger partial charge in [0.05, 0.1) is 46.9 Å². The van der Waals surface area contributed by atoms with E-state index in [9.17, 15) is 36.2 Å². The van der Waals surface area contributed by atoms with Gasteiger partial charge >= 0.3 is 12.4 Å². The van der Waals surface area contributed by atoms with Crippen LogP contribution in [-0.2, 0) is 25.3 Å². The van der Waals surface area contributed by atoms with E-state index in [1.54, 1.807) is 6.20 Å². The number of benzene rings is 2. The van der Waals surface area contributed by atoms with E-state index in [2.05, 4.69) is 35.7 Å². The first-order valence-electron chi connectivity index (χ1n) is 15.0. The lowest BCUT2D eigenvalue weighted by Crippen LogP contribution is -2.18. The number of aliphatic hydroxyl groups is 2. The lowest BCUT2D eigenvalue weighted by atomic mass is 9.93. The average Bonchev–Trinajstić information content (AvgIpc) is 3.74. The van der Waals surface area contributed by atoms with Crippen LogP contribution in [0.1, 0.15) is 38.4 Å². The highest BCUT2D eigenvalue weighted by atomic mass is 19.4. The molecule has 0 bridgehead atoms. The number of aliphatic hydroxyl groups excluding tert-OH is 2. The van der Waals surface area contributed by atoms with Gasteiger partial charge in [0.25, 0.3) is 5.91 Å². The summed E-state index contributed by atoms with van der Waals surface area (Å²) in [6, 6.07) is 7.45. The van der Waals surface area contributed by atoms with Gasteiger partial charge in [0.15, 0.2) is 0 Å². The van der Waals surface area contributed by atoms with Crippen LogP contribution in [0.25, 0.3) is 44.1 Å². The lowest BCUT2D eigenvalue weighted by molar-refractivity contribution is -0.138. The molecule has 6 rings (SSSR count).